The maximum atomic E-state index is 5.22. The van der Waals surface area contributed by atoms with Gasteiger partial charge >= 0.3 is 7.12 Å². The van der Waals surface area contributed by atoms with Crippen molar-refractivity contribution in [2.75, 3.05) is 19.1 Å². The predicted octanol–water partition coefficient (Wildman–Crippen LogP) is 8.30. The Morgan fingerprint density at radius 1 is 0.696 bits per heavy atom. The molecule has 0 aliphatic carbocycles. The summed E-state index contributed by atoms with van der Waals surface area (Å²) < 4.78 is 10.4. The molecule has 0 unspecified atom stereocenters. The lowest BCUT2D eigenvalue weighted by Gasteiger charge is -2.21. The van der Waals surface area contributed by atoms with Crippen LogP contribution < -0.4 is 15.8 Å². The number of hydrogen-bond donors (Lipinski definition) is 0. The smallest absolute Gasteiger partial charge is 0.410 e. The summed E-state index contributed by atoms with van der Waals surface area (Å²) in [5.74, 6) is 5.62. The third kappa shape index (κ3) is 10.8. The van der Waals surface area contributed by atoms with Crippen LogP contribution in [0.2, 0.25) is 0 Å². The van der Waals surface area contributed by atoms with E-state index in [0.29, 0.717) is 6.71 Å². The number of pyridine rings is 2. The zero-order chi connectivity index (χ0) is 33.3. The molecule has 0 amide bonds. The van der Waals surface area contributed by atoms with Gasteiger partial charge < -0.3 is 14.2 Å². The van der Waals surface area contributed by atoms with Crippen molar-refractivity contribution in [3.8, 4) is 0 Å². The van der Waals surface area contributed by atoms with E-state index < -0.39 is 0 Å². The van der Waals surface area contributed by atoms with Crippen molar-refractivity contribution in [1.29, 1.82) is 0 Å². The highest BCUT2D eigenvalue weighted by Gasteiger charge is 2.22. The molecule has 1 aliphatic heterocycles. The Balaban J connectivity index is 0.000000196. The average Bonchev–Trinajstić information content (AvgIpc) is 3.08. The highest BCUT2D eigenvalue weighted by molar-refractivity contribution is 9.11. The van der Waals surface area contributed by atoms with Crippen LogP contribution in [0.4, 0.5) is 5.82 Å². The molecule has 0 bridgehead atoms. The largest absolute Gasteiger partial charge is 0.493 e. The zero-order valence-electron chi connectivity index (χ0n) is 27.3. The van der Waals surface area contributed by atoms with Crippen LogP contribution in [0.15, 0.2) is 132 Å². The van der Waals surface area contributed by atoms with Crippen LogP contribution in [0.25, 0.3) is 0 Å². The van der Waals surface area contributed by atoms with Crippen molar-refractivity contribution < 1.29 is 9.31 Å². The molecule has 1 aliphatic rings. The van der Waals surface area contributed by atoms with Crippen molar-refractivity contribution in [2.45, 2.75) is 33.6 Å². The average molecular weight is 741 g/mol. The summed E-state index contributed by atoms with van der Waals surface area (Å²) in [5.41, 5.74) is 8.66. The summed E-state index contributed by atoms with van der Waals surface area (Å²) in [4.78, 5) is 14.4. The number of aromatic nitrogens is 2. The van der Waals surface area contributed by atoms with Gasteiger partial charge in [-0.3, -0.25) is 4.98 Å². The molecule has 0 fully saturated rings. The Bertz CT molecular complexity index is 1550. The first-order chi connectivity index (χ1) is 22.3. The molecule has 236 valence electrons. The van der Waals surface area contributed by atoms with E-state index in [-0.39, 0.29) is 13.0 Å². The Morgan fingerprint density at radius 3 is 1.67 bits per heavy atom. The van der Waals surface area contributed by atoms with E-state index in [9.17, 15) is 0 Å². The van der Waals surface area contributed by atoms with Crippen LogP contribution >= 0.6 is 31.9 Å². The molecule has 3 heterocycles. The highest BCUT2D eigenvalue weighted by atomic mass is 79.9. The standard InChI is InChI=1S/C17H17BN2.C10H15BO2.C10H9Br2N/c1-14-6-5-7-15(2)17(14)18-9-12-20(13-10-18)16-8-3-4-11-19-16;1-8-6-5-7-9(2)10(8)11(12-3)13-4;11-6-4-9(5-7-12)10-3-1-2-8-13-10/h3-13H,1-2H3;5-7H,1-4H3;1-9H/b;;6-4-,7-5-. The normalized spacial score (nSPS) is 12.3. The lowest BCUT2D eigenvalue weighted by molar-refractivity contribution is 0.291. The fourth-order valence-electron chi connectivity index (χ4n) is 5.21. The Kier molecular flexibility index (Phi) is 16.0. The van der Waals surface area contributed by atoms with E-state index in [1.165, 1.54) is 27.7 Å². The summed E-state index contributed by atoms with van der Waals surface area (Å²) in [7, 11) is 3.06. The summed E-state index contributed by atoms with van der Waals surface area (Å²) in [6, 6.07) is 24.5. The zero-order valence-corrected chi connectivity index (χ0v) is 30.5. The number of anilines is 1. The van der Waals surface area contributed by atoms with Gasteiger partial charge in [0, 0.05) is 32.5 Å². The molecule has 0 spiro atoms. The predicted molar refractivity (Wildman–Crippen MR) is 205 cm³/mol. The second kappa shape index (κ2) is 19.9. The number of hydrogen-bond acceptors (Lipinski definition) is 5. The molecular formula is C37H41B2Br2N3O2. The Morgan fingerprint density at radius 2 is 1.22 bits per heavy atom. The molecule has 0 atom stereocenters. The Labute approximate surface area is 292 Å². The van der Waals surface area contributed by atoms with E-state index in [2.05, 4.69) is 124 Å². The van der Waals surface area contributed by atoms with Crippen LogP contribution in [0.1, 0.15) is 33.9 Å². The molecule has 0 saturated carbocycles. The molecule has 5 rings (SSSR count). The first kappa shape index (κ1) is 37.0. The number of nitrogens with zero attached hydrogens (tertiary/aromatic N) is 3. The molecule has 9 heteroatoms. The second-order valence-corrected chi connectivity index (χ2v) is 11.7. The molecule has 2 aromatic carbocycles. The molecule has 0 radical (unpaired) electrons. The molecule has 0 saturated heterocycles. The van der Waals surface area contributed by atoms with E-state index in [0.717, 1.165) is 17.0 Å². The summed E-state index contributed by atoms with van der Waals surface area (Å²) >= 11 is 6.52. The van der Waals surface area contributed by atoms with Crippen molar-refractivity contribution in [1.82, 2.24) is 9.97 Å². The lowest BCUT2D eigenvalue weighted by Crippen LogP contribution is -2.38. The third-order valence-corrected chi connectivity index (χ3v) is 8.10. The molecule has 5 nitrogen and oxygen atoms in total. The van der Waals surface area contributed by atoms with Crippen LogP contribution in [-0.4, -0.2) is 38.0 Å². The fraction of sp³-hybridized carbons (Fsp3) is 0.189. The maximum Gasteiger partial charge on any atom is 0.493 e. The van der Waals surface area contributed by atoms with Gasteiger partial charge in [-0.15, -0.1) is 0 Å². The maximum absolute atomic E-state index is 5.22. The van der Waals surface area contributed by atoms with Crippen LogP contribution in [0.5, 0.6) is 0 Å². The van der Waals surface area contributed by atoms with Gasteiger partial charge in [-0.1, -0.05) is 132 Å². The first-order valence-corrected chi connectivity index (χ1v) is 16.9. The fourth-order valence-corrected chi connectivity index (χ4v) is 5.87. The summed E-state index contributed by atoms with van der Waals surface area (Å²) in [6.07, 6.45) is 11.9. The minimum Gasteiger partial charge on any atom is -0.410 e. The number of halogens is 2. The van der Waals surface area contributed by atoms with Gasteiger partial charge in [-0.2, -0.15) is 0 Å². The van der Waals surface area contributed by atoms with E-state index in [4.69, 9.17) is 9.31 Å². The van der Waals surface area contributed by atoms with Gasteiger partial charge in [0.1, 0.15) is 5.82 Å². The van der Waals surface area contributed by atoms with Crippen LogP contribution in [0.3, 0.4) is 0 Å². The second-order valence-electron chi connectivity index (χ2n) is 10.6. The van der Waals surface area contributed by atoms with Crippen molar-refractivity contribution in [3.63, 3.8) is 0 Å². The quantitative estimate of drug-likeness (QED) is 0.170. The number of rotatable bonds is 8. The van der Waals surface area contributed by atoms with Crippen molar-refractivity contribution in [3.05, 3.63) is 160 Å². The van der Waals surface area contributed by atoms with Gasteiger partial charge in [0.2, 0.25) is 6.71 Å². The molecule has 4 aromatic rings. The van der Waals surface area contributed by atoms with Gasteiger partial charge in [-0.25, -0.2) is 4.98 Å². The van der Waals surface area contributed by atoms with Gasteiger partial charge in [-0.05, 0) is 79.8 Å². The van der Waals surface area contributed by atoms with Crippen molar-refractivity contribution >= 4 is 62.4 Å². The van der Waals surface area contributed by atoms with Crippen molar-refractivity contribution in [2.24, 2.45) is 0 Å². The van der Waals surface area contributed by atoms with Gasteiger partial charge in [0.15, 0.2) is 0 Å². The number of benzene rings is 2. The molecule has 46 heavy (non-hydrogen) atoms. The third-order valence-electron chi connectivity index (χ3n) is 7.49. The SMILES string of the molecule is Br/C=C\C(/C=C\Br)c1ccccn1.COB(OC)c1c(C)cccc1C.Cc1cccc(C)c1B1C=CN(c2ccccn2)C=C1. The van der Waals surface area contributed by atoms with E-state index in [1.54, 1.807) is 20.4 Å². The summed E-state index contributed by atoms with van der Waals surface area (Å²) in [5, 5.41) is 0. The summed E-state index contributed by atoms with van der Waals surface area (Å²) in [6.45, 7) is 8.82. The van der Waals surface area contributed by atoms with Gasteiger partial charge in [0.05, 0.1) is 5.69 Å². The Hall–Kier alpha value is -3.49. The minimum atomic E-state index is -0.249. The van der Waals surface area contributed by atoms with E-state index >= 15 is 0 Å². The molecular weight excluding hydrogens is 700 g/mol. The molecule has 0 N–H and O–H groups in total. The minimum absolute atomic E-state index is 0.222. The highest BCUT2D eigenvalue weighted by Crippen LogP contribution is 2.18. The molecule has 2 aromatic heterocycles. The van der Waals surface area contributed by atoms with Crippen LogP contribution in [-0.2, 0) is 9.31 Å². The van der Waals surface area contributed by atoms with E-state index in [1.807, 2.05) is 75.7 Å². The first-order valence-electron chi connectivity index (χ1n) is 15.0. The monoisotopic (exact) mass is 739 g/mol. The number of aryl methyl sites for hydroxylation is 4. The van der Waals surface area contributed by atoms with Crippen LogP contribution in [0, 0.1) is 27.7 Å². The topological polar surface area (TPSA) is 47.5 Å². The number of allylic oxidation sites excluding steroid dienone is 2. The van der Waals surface area contributed by atoms with Gasteiger partial charge in [0.25, 0.3) is 0 Å². The lowest BCUT2D eigenvalue weighted by atomic mass is 9.43.